The molecule has 0 bridgehead atoms. The molecule has 5 atom stereocenters. The fourth-order valence-corrected chi connectivity index (χ4v) is 2.72. The van der Waals surface area contributed by atoms with Gasteiger partial charge in [0.1, 0.15) is 6.07 Å². The Labute approximate surface area is 130 Å². The van der Waals surface area contributed by atoms with Gasteiger partial charge in [-0.25, -0.2) is 0 Å². The summed E-state index contributed by atoms with van der Waals surface area (Å²) in [5.41, 5.74) is -1.70. The number of nitriles is 1. The number of hydrogen-bond acceptors (Lipinski definition) is 5. The third-order valence-electron chi connectivity index (χ3n) is 3.95. The predicted molar refractivity (Wildman–Crippen MR) is 79.6 cm³/mol. The molecule has 1 unspecified atom stereocenters. The number of carboxylic acids is 1. The van der Waals surface area contributed by atoms with Crippen molar-refractivity contribution in [2.24, 2.45) is 11.8 Å². The number of aliphatic carboxylic acids is 1. The fraction of sp³-hybridized carbons (Fsp3) is 0.625. The molecule has 4 N–H and O–H groups in total. The SMILES string of the molecule is CC/C=C\CC(O)(C#N)/C=C/[C@H]1[C@H](CC(=O)O)[C@H](O)C[C@@H]1O. The summed E-state index contributed by atoms with van der Waals surface area (Å²) in [6.07, 6.45) is 5.20. The number of carboxylic acid groups (broad SMARTS) is 1. The van der Waals surface area contributed by atoms with Crippen molar-refractivity contribution >= 4 is 5.97 Å². The maximum absolute atomic E-state index is 10.9. The molecule has 0 saturated heterocycles. The van der Waals surface area contributed by atoms with Crippen molar-refractivity contribution in [2.75, 3.05) is 0 Å². The van der Waals surface area contributed by atoms with Crippen LogP contribution in [0.2, 0.25) is 0 Å². The molecular formula is C16H23NO5. The van der Waals surface area contributed by atoms with Gasteiger partial charge in [-0.05, 0) is 12.5 Å². The van der Waals surface area contributed by atoms with E-state index >= 15 is 0 Å². The number of aliphatic hydroxyl groups excluding tert-OH is 2. The van der Waals surface area contributed by atoms with Gasteiger partial charge in [-0.1, -0.05) is 25.2 Å². The van der Waals surface area contributed by atoms with Gasteiger partial charge in [0.15, 0.2) is 5.60 Å². The van der Waals surface area contributed by atoms with E-state index in [1.807, 2.05) is 13.0 Å². The standard InChI is InChI=1S/C16H23NO5/c1-2-3-4-6-16(22,10-17)7-5-11-12(8-15(20)21)14(19)9-13(11)18/h3-5,7,11-14,18-19,22H,2,6,8-9H2,1H3,(H,20,21)/b4-3-,7-5+/t11-,12-,13-,14+,16?/m0/s1. The van der Waals surface area contributed by atoms with Crippen LogP contribution >= 0.6 is 0 Å². The molecule has 0 heterocycles. The van der Waals surface area contributed by atoms with Crippen LogP contribution in [0.1, 0.15) is 32.6 Å². The molecule has 0 aliphatic heterocycles. The number of rotatable bonds is 7. The minimum absolute atomic E-state index is 0.0909. The highest BCUT2D eigenvalue weighted by Crippen LogP contribution is 2.36. The molecule has 1 saturated carbocycles. The van der Waals surface area contributed by atoms with E-state index < -0.39 is 35.6 Å². The van der Waals surface area contributed by atoms with Gasteiger partial charge < -0.3 is 20.4 Å². The first-order valence-corrected chi connectivity index (χ1v) is 7.39. The molecule has 22 heavy (non-hydrogen) atoms. The van der Waals surface area contributed by atoms with Crippen LogP contribution in [0.4, 0.5) is 0 Å². The highest BCUT2D eigenvalue weighted by atomic mass is 16.4. The van der Waals surface area contributed by atoms with Gasteiger partial charge in [-0.2, -0.15) is 5.26 Å². The quantitative estimate of drug-likeness (QED) is 0.411. The maximum atomic E-state index is 10.9. The second-order valence-corrected chi connectivity index (χ2v) is 5.69. The Morgan fingerprint density at radius 2 is 2.05 bits per heavy atom. The van der Waals surface area contributed by atoms with Crippen molar-refractivity contribution in [3.8, 4) is 6.07 Å². The van der Waals surface area contributed by atoms with Gasteiger partial charge in [0, 0.05) is 24.7 Å². The Balaban J connectivity index is 2.86. The monoisotopic (exact) mass is 309 g/mol. The molecular weight excluding hydrogens is 286 g/mol. The third kappa shape index (κ3) is 4.95. The van der Waals surface area contributed by atoms with E-state index in [-0.39, 0.29) is 19.3 Å². The lowest BCUT2D eigenvalue weighted by molar-refractivity contribution is -0.139. The molecule has 0 spiro atoms. The second kappa shape index (κ2) is 8.08. The Hall–Kier alpha value is -1.68. The molecule has 1 rings (SSSR count). The first kappa shape index (κ1) is 18.4. The normalized spacial score (nSPS) is 31.4. The first-order chi connectivity index (χ1) is 10.3. The summed E-state index contributed by atoms with van der Waals surface area (Å²) < 4.78 is 0. The molecule has 0 aromatic heterocycles. The van der Waals surface area contributed by atoms with Crippen molar-refractivity contribution in [1.29, 1.82) is 5.26 Å². The summed E-state index contributed by atoms with van der Waals surface area (Å²) in [7, 11) is 0. The lowest BCUT2D eigenvalue weighted by atomic mass is 9.88. The zero-order chi connectivity index (χ0) is 16.8. The van der Waals surface area contributed by atoms with Crippen LogP contribution in [0.15, 0.2) is 24.3 Å². The Morgan fingerprint density at radius 1 is 1.36 bits per heavy atom. The fourth-order valence-electron chi connectivity index (χ4n) is 2.72. The Bertz CT molecular complexity index is 481. The van der Waals surface area contributed by atoms with Crippen LogP contribution in [-0.4, -0.2) is 44.2 Å². The van der Waals surface area contributed by atoms with E-state index in [0.29, 0.717) is 0 Å². The molecule has 0 aromatic carbocycles. The van der Waals surface area contributed by atoms with E-state index in [1.165, 1.54) is 12.2 Å². The molecule has 6 nitrogen and oxygen atoms in total. The predicted octanol–water partition coefficient (Wildman–Crippen LogP) is 0.986. The van der Waals surface area contributed by atoms with E-state index in [4.69, 9.17) is 10.4 Å². The lowest BCUT2D eigenvalue weighted by Gasteiger charge is -2.20. The van der Waals surface area contributed by atoms with Crippen LogP contribution in [0.5, 0.6) is 0 Å². The number of aliphatic hydroxyl groups is 3. The summed E-state index contributed by atoms with van der Waals surface area (Å²) >= 11 is 0. The number of allylic oxidation sites excluding steroid dienone is 1. The van der Waals surface area contributed by atoms with E-state index in [9.17, 15) is 20.1 Å². The van der Waals surface area contributed by atoms with Crippen LogP contribution in [0.3, 0.4) is 0 Å². The minimum atomic E-state index is -1.70. The second-order valence-electron chi connectivity index (χ2n) is 5.69. The molecule has 0 amide bonds. The van der Waals surface area contributed by atoms with E-state index in [1.54, 1.807) is 12.1 Å². The van der Waals surface area contributed by atoms with Crippen LogP contribution in [-0.2, 0) is 4.79 Å². The van der Waals surface area contributed by atoms with E-state index in [0.717, 1.165) is 6.42 Å². The molecule has 0 aromatic rings. The first-order valence-electron chi connectivity index (χ1n) is 7.39. The molecule has 0 radical (unpaired) electrons. The summed E-state index contributed by atoms with van der Waals surface area (Å²) in [5.74, 6) is -2.28. The molecule has 6 heteroatoms. The zero-order valence-electron chi connectivity index (χ0n) is 12.6. The molecule has 1 fully saturated rings. The van der Waals surface area contributed by atoms with Gasteiger partial charge in [0.2, 0.25) is 0 Å². The van der Waals surface area contributed by atoms with Crippen LogP contribution in [0, 0.1) is 23.2 Å². The number of carbonyl (C=O) groups is 1. The third-order valence-corrected chi connectivity index (χ3v) is 3.95. The summed E-state index contributed by atoms with van der Waals surface area (Å²) in [4.78, 5) is 10.9. The average Bonchev–Trinajstić information content (AvgIpc) is 2.71. The zero-order valence-corrected chi connectivity index (χ0v) is 12.6. The lowest BCUT2D eigenvalue weighted by Crippen LogP contribution is -2.26. The number of nitrogens with zero attached hydrogens (tertiary/aromatic N) is 1. The smallest absolute Gasteiger partial charge is 0.303 e. The van der Waals surface area contributed by atoms with Crippen LogP contribution in [0.25, 0.3) is 0 Å². The molecule has 1 aliphatic carbocycles. The summed E-state index contributed by atoms with van der Waals surface area (Å²) in [6, 6.07) is 1.80. The molecule has 122 valence electrons. The summed E-state index contributed by atoms with van der Waals surface area (Å²) in [5, 5.41) is 47.9. The van der Waals surface area contributed by atoms with Gasteiger partial charge in [0.05, 0.1) is 18.6 Å². The van der Waals surface area contributed by atoms with Crippen molar-refractivity contribution in [3.05, 3.63) is 24.3 Å². The van der Waals surface area contributed by atoms with Crippen molar-refractivity contribution in [2.45, 2.75) is 50.4 Å². The van der Waals surface area contributed by atoms with Crippen molar-refractivity contribution < 1.29 is 25.2 Å². The van der Waals surface area contributed by atoms with Crippen LogP contribution < -0.4 is 0 Å². The highest BCUT2D eigenvalue weighted by molar-refractivity contribution is 5.67. The highest BCUT2D eigenvalue weighted by Gasteiger charge is 2.41. The van der Waals surface area contributed by atoms with Gasteiger partial charge >= 0.3 is 5.97 Å². The summed E-state index contributed by atoms with van der Waals surface area (Å²) in [6.45, 7) is 1.94. The minimum Gasteiger partial charge on any atom is -0.481 e. The maximum Gasteiger partial charge on any atom is 0.303 e. The number of hydrogen-bond donors (Lipinski definition) is 4. The molecule has 1 aliphatic rings. The Morgan fingerprint density at radius 3 is 2.59 bits per heavy atom. The topological polar surface area (TPSA) is 122 Å². The van der Waals surface area contributed by atoms with E-state index in [2.05, 4.69) is 0 Å². The average molecular weight is 309 g/mol. The van der Waals surface area contributed by atoms with Gasteiger partial charge in [-0.3, -0.25) is 4.79 Å². The Kier molecular flexibility index (Phi) is 6.75. The van der Waals surface area contributed by atoms with Gasteiger partial charge in [0.25, 0.3) is 0 Å². The van der Waals surface area contributed by atoms with Crippen molar-refractivity contribution in [3.63, 3.8) is 0 Å². The van der Waals surface area contributed by atoms with Gasteiger partial charge in [-0.15, -0.1) is 0 Å². The largest absolute Gasteiger partial charge is 0.481 e. The van der Waals surface area contributed by atoms with Crippen molar-refractivity contribution in [1.82, 2.24) is 0 Å².